The molecular weight excluding hydrogens is 318 g/mol. The first-order chi connectivity index (χ1) is 11.0. The molecule has 3 heterocycles. The molecule has 3 rings (SSSR count). The van der Waals surface area contributed by atoms with Crippen LogP contribution >= 0.6 is 11.3 Å². The Kier molecular flexibility index (Phi) is 4.28. The molecule has 23 heavy (non-hydrogen) atoms. The molecule has 1 aliphatic heterocycles. The van der Waals surface area contributed by atoms with E-state index in [-0.39, 0.29) is 23.7 Å². The summed E-state index contributed by atoms with van der Waals surface area (Å²) >= 11 is 1.39. The van der Waals surface area contributed by atoms with Gasteiger partial charge in [-0.15, -0.1) is 0 Å². The predicted octanol–water partition coefficient (Wildman–Crippen LogP) is 1.86. The number of thiazole rings is 1. The van der Waals surface area contributed by atoms with Crippen molar-refractivity contribution in [2.45, 2.75) is 32.9 Å². The van der Waals surface area contributed by atoms with Crippen LogP contribution in [0, 0.1) is 0 Å². The lowest BCUT2D eigenvalue weighted by Crippen LogP contribution is -2.35. The van der Waals surface area contributed by atoms with E-state index in [2.05, 4.69) is 20.8 Å². The summed E-state index contributed by atoms with van der Waals surface area (Å²) in [5.41, 5.74) is 0.927. The fourth-order valence-electron chi connectivity index (χ4n) is 2.30. The van der Waals surface area contributed by atoms with Crippen molar-refractivity contribution in [2.75, 3.05) is 11.9 Å². The van der Waals surface area contributed by atoms with Gasteiger partial charge < -0.3 is 14.7 Å². The summed E-state index contributed by atoms with van der Waals surface area (Å²) in [5.74, 6) is 0.0428. The van der Waals surface area contributed by atoms with Gasteiger partial charge in [0.05, 0.1) is 18.4 Å². The van der Waals surface area contributed by atoms with Crippen LogP contribution in [0.2, 0.25) is 0 Å². The Balaban J connectivity index is 1.67. The fourth-order valence-corrected chi connectivity index (χ4v) is 3.32. The molecule has 2 N–H and O–H groups in total. The Morgan fingerprint density at radius 3 is 2.96 bits per heavy atom. The third kappa shape index (κ3) is 3.50. The van der Waals surface area contributed by atoms with Crippen LogP contribution in [0.15, 0.2) is 16.8 Å². The predicted molar refractivity (Wildman–Crippen MR) is 84.4 cm³/mol. The summed E-state index contributed by atoms with van der Waals surface area (Å²) in [4.78, 5) is 31.1. The third-order valence-electron chi connectivity index (χ3n) is 3.31. The van der Waals surface area contributed by atoms with E-state index in [0.717, 1.165) is 10.6 Å². The maximum absolute atomic E-state index is 12.3. The number of carbonyl (C=O) groups excluding carboxylic acids is 2. The van der Waals surface area contributed by atoms with Gasteiger partial charge >= 0.3 is 6.03 Å². The van der Waals surface area contributed by atoms with Crippen molar-refractivity contribution in [1.82, 2.24) is 20.4 Å². The maximum Gasteiger partial charge on any atom is 0.321 e. The van der Waals surface area contributed by atoms with E-state index >= 15 is 0 Å². The Morgan fingerprint density at radius 2 is 2.26 bits per heavy atom. The van der Waals surface area contributed by atoms with E-state index in [1.54, 1.807) is 11.0 Å². The van der Waals surface area contributed by atoms with Crippen LogP contribution in [-0.2, 0) is 13.0 Å². The molecule has 0 unspecified atom stereocenters. The molecule has 0 saturated heterocycles. The number of nitrogens with zero attached hydrogens (tertiary/aromatic N) is 3. The van der Waals surface area contributed by atoms with Crippen LogP contribution in [0.3, 0.4) is 0 Å². The van der Waals surface area contributed by atoms with Gasteiger partial charge in [0.2, 0.25) is 5.76 Å². The highest BCUT2D eigenvalue weighted by Crippen LogP contribution is 2.28. The minimum Gasteiger partial charge on any atom is -0.351 e. The van der Waals surface area contributed by atoms with Crippen molar-refractivity contribution < 1.29 is 14.1 Å². The molecule has 8 nitrogen and oxygen atoms in total. The normalized spacial score (nSPS) is 13.8. The van der Waals surface area contributed by atoms with Gasteiger partial charge in [-0.3, -0.25) is 10.1 Å². The first-order valence-electron chi connectivity index (χ1n) is 7.29. The smallest absolute Gasteiger partial charge is 0.321 e. The molecule has 0 spiro atoms. The molecule has 9 heteroatoms. The summed E-state index contributed by atoms with van der Waals surface area (Å²) in [7, 11) is 0. The molecular formula is C14H17N5O3S. The number of fused-ring (bicyclic) bond motifs is 1. The third-order valence-corrected chi connectivity index (χ3v) is 4.31. The Bertz CT molecular complexity index is 710. The molecule has 0 bridgehead atoms. The minimum absolute atomic E-state index is 0.0552. The fraction of sp³-hybridized carbons (Fsp3) is 0.429. The lowest BCUT2D eigenvalue weighted by molar-refractivity contribution is 0.0694. The van der Waals surface area contributed by atoms with Crippen LogP contribution in [-0.4, -0.2) is 39.6 Å². The number of urea groups is 1. The average Bonchev–Trinajstić information content (AvgIpc) is 3.13. The SMILES string of the molecule is CC(C)NC(=O)Nc1nc2c(s1)CN(C(=O)c1ccno1)CC2. The second-order valence-electron chi connectivity index (χ2n) is 5.50. The zero-order chi connectivity index (χ0) is 16.4. The van der Waals surface area contributed by atoms with Crippen LogP contribution < -0.4 is 10.6 Å². The molecule has 0 saturated carbocycles. The van der Waals surface area contributed by atoms with E-state index in [0.29, 0.717) is 24.6 Å². The van der Waals surface area contributed by atoms with Gasteiger partial charge in [-0.25, -0.2) is 9.78 Å². The highest BCUT2D eigenvalue weighted by Gasteiger charge is 2.26. The molecule has 0 aromatic carbocycles. The number of hydrogen-bond acceptors (Lipinski definition) is 6. The summed E-state index contributed by atoms with van der Waals surface area (Å²) in [6.07, 6.45) is 2.10. The topological polar surface area (TPSA) is 100 Å². The Hall–Kier alpha value is -2.42. The van der Waals surface area contributed by atoms with Gasteiger partial charge in [-0.05, 0) is 13.8 Å². The van der Waals surface area contributed by atoms with Gasteiger partial charge in [0.25, 0.3) is 5.91 Å². The molecule has 2 aromatic rings. The van der Waals surface area contributed by atoms with Crippen LogP contribution in [0.1, 0.15) is 35.0 Å². The van der Waals surface area contributed by atoms with E-state index in [9.17, 15) is 9.59 Å². The molecule has 0 radical (unpaired) electrons. The molecule has 0 aliphatic carbocycles. The standard InChI is InChI=1S/C14H17N5O3S/c1-8(2)16-13(21)18-14-17-9-4-6-19(7-11(9)23-14)12(20)10-3-5-15-22-10/h3,5,8H,4,6-7H2,1-2H3,(H2,16,17,18,21). The monoisotopic (exact) mass is 335 g/mol. The number of hydrogen-bond donors (Lipinski definition) is 2. The average molecular weight is 335 g/mol. The van der Waals surface area contributed by atoms with E-state index in [4.69, 9.17) is 4.52 Å². The molecule has 0 atom stereocenters. The van der Waals surface area contributed by atoms with Gasteiger partial charge in [0.1, 0.15) is 0 Å². The maximum atomic E-state index is 12.3. The first-order valence-corrected chi connectivity index (χ1v) is 8.10. The lowest BCUT2D eigenvalue weighted by atomic mass is 10.1. The van der Waals surface area contributed by atoms with Gasteiger partial charge in [0, 0.05) is 30.0 Å². The second-order valence-corrected chi connectivity index (χ2v) is 6.58. The quantitative estimate of drug-likeness (QED) is 0.892. The highest BCUT2D eigenvalue weighted by molar-refractivity contribution is 7.15. The largest absolute Gasteiger partial charge is 0.351 e. The summed E-state index contributed by atoms with van der Waals surface area (Å²) in [6.45, 7) is 4.80. The van der Waals surface area contributed by atoms with Crippen molar-refractivity contribution in [1.29, 1.82) is 0 Å². The summed E-state index contributed by atoms with van der Waals surface area (Å²) in [6, 6.07) is 1.33. The summed E-state index contributed by atoms with van der Waals surface area (Å²) in [5, 5.41) is 9.58. The molecule has 3 amide bonds. The Labute approximate surface area is 136 Å². The molecule has 2 aromatic heterocycles. The molecule has 122 valence electrons. The van der Waals surface area contributed by atoms with E-state index in [1.807, 2.05) is 13.8 Å². The number of carbonyl (C=O) groups is 2. The van der Waals surface area contributed by atoms with Crippen LogP contribution in [0.4, 0.5) is 9.93 Å². The van der Waals surface area contributed by atoms with Gasteiger partial charge in [-0.1, -0.05) is 16.5 Å². The highest BCUT2D eigenvalue weighted by atomic mass is 32.1. The van der Waals surface area contributed by atoms with Crippen LogP contribution in [0.25, 0.3) is 0 Å². The van der Waals surface area contributed by atoms with Crippen molar-refractivity contribution in [2.24, 2.45) is 0 Å². The van der Waals surface area contributed by atoms with Gasteiger partial charge in [-0.2, -0.15) is 0 Å². The molecule has 1 aliphatic rings. The zero-order valence-corrected chi connectivity index (χ0v) is 13.6. The number of aromatic nitrogens is 2. The molecule has 0 fully saturated rings. The van der Waals surface area contributed by atoms with E-state index in [1.165, 1.54) is 17.5 Å². The lowest BCUT2D eigenvalue weighted by Gasteiger charge is -2.24. The van der Waals surface area contributed by atoms with Crippen molar-refractivity contribution >= 4 is 28.4 Å². The second kappa shape index (κ2) is 6.37. The zero-order valence-electron chi connectivity index (χ0n) is 12.8. The number of amides is 3. The van der Waals surface area contributed by atoms with E-state index < -0.39 is 0 Å². The van der Waals surface area contributed by atoms with Gasteiger partial charge in [0.15, 0.2) is 5.13 Å². The van der Waals surface area contributed by atoms with Crippen LogP contribution in [0.5, 0.6) is 0 Å². The minimum atomic E-state index is -0.277. The van der Waals surface area contributed by atoms with Crippen molar-refractivity contribution in [3.8, 4) is 0 Å². The van der Waals surface area contributed by atoms with Crippen molar-refractivity contribution in [3.05, 3.63) is 28.6 Å². The number of rotatable bonds is 3. The van der Waals surface area contributed by atoms with Crippen molar-refractivity contribution in [3.63, 3.8) is 0 Å². The number of nitrogens with one attached hydrogen (secondary N) is 2. The summed E-state index contributed by atoms with van der Waals surface area (Å²) < 4.78 is 4.91. The number of anilines is 1. The Morgan fingerprint density at radius 1 is 1.43 bits per heavy atom. The first kappa shape index (κ1) is 15.5.